The molecule has 0 saturated heterocycles. The van der Waals surface area contributed by atoms with Crippen LogP contribution in [0.4, 0.5) is 4.39 Å². The molecule has 0 spiro atoms. The lowest BCUT2D eigenvalue weighted by atomic mass is 10.0. The molecule has 4 nitrogen and oxygen atoms in total. The topological polar surface area (TPSA) is 70.0 Å². The van der Waals surface area contributed by atoms with E-state index >= 15 is 0 Å². The van der Waals surface area contributed by atoms with E-state index in [1.54, 1.807) is 0 Å². The molecule has 0 aromatic heterocycles. The van der Waals surface area contributed by atoms with Crippen molar-refractivity contribution in [1.29, 1.82) is 5.26 Å². The lowest BCUT2D eigenvalue weighted by Crippen LogP contribution is -2.28. The SMILES string of the molecule is CC(CS(=O)(=O)NCc1cc(C#N)ccc1F)c1ccccc1. The van der Waals surface area contributed by atoms with Crippen molar-refractivity contribution in [1.82, 2.24) is 4.72 Å². The molecule has 0 radical (unpaired) electrons. The van der Waals surface area contributed by atoms with Gasteiger partial charge in [0.15, 0.2) is 0 Å². The molecule has 2 rings (SSSR count). The maximum atomic E-state index is 13.7. The number of nitriles is 1. The van der Waals surface area contributed by atoms with Gasteiger partial charge in [-0.05, 0) is 29.7 Å². The van der Waals surface area contributed by atoms with E-state index in [0.29, 0.717) is 5.56 Å². The minimum atomic E-state index is -3.56. The first kappa shape index (κ1) is 17.1. The Kier molecular flexibility index (Phi) is 5.48. The molecule has 1 atom stereocenters. The quantitative estimate of drug-likeness (QED) is 0.884. The average molecular weight is 332 g/mol. The van der Waals surface area contributed by atoms with Gasteiger partial charge in [-0.15, -0.1) is 0 Å². The molecule has 120 valence electrons. The fourth-order valence-corrected chi connectivity index (χ4v) is 3.58. The minimum Gasteiger partial charge on any atom is -0.212 e. The molecule has 2 aromatic carbocycles. The van der Waals surface area contributed by atoms with Gasteiger partial charge in [0.25, 0.3) is 0 Å². The summed E-state index contributed by atoms with van der Waals surface area (Å²) in [5.74, 6) is -0.803. The van der Waals surface area contributed by atoms with Crippen molar-refractivity contribution < 1.29 is 12.8 Å². The molecule has 0 saturated carbocycles. The van der Waals surface area contributed by atoms with Crippen LogP contribution < -0.4 is 4.72 Å². The fourth-order valence-electron chi connectivity index (χ4n) is 2.23. The molecular weight excluding hydrogens is 315 g/mol. The molecule has 6 heteroatoms. The van der Waals surface area contributed by atoms with E-state index in [1.165, 1.54) is 12.1 Å². The normalized spacial score (nSPS) is 12.6. The summed E-state index contributed by atoms with van der Waals surface area (Å²) >= 11 is 0. The number of sulfonamides is 1. The smallest absolute Gasteiger partial charge is 0.212 e. The van der Waals surface area contributed by atoms with Crippen molar-refractivity contribution in [3.63, 3.8) is 0 Å². The lowest BCUT2D eigenvalue weighted by Gasteiger charge is -2.13. The Morgan fingerprint density at radius 1 is 1.22 bits per heavy atom. The number of rotatable bonds is 6. The highest BCUT2D eigenvalue weighted by molar-refractivity contribution is 7.89. The lowest BCUT2D eigenvalue weighted by molar-refractivity contribution is 0.569. The monoisotopic (exact) mass is 332 g/mol. The molecule has 0 aliphatic rings. The molecule has 2 aromatic rings. The van der Waals surface area contributed by atoms with E-state index in [0.717, 1.165) is 11.6 Å². The highest BCUT2D eigenvalue weighted by atomic mass is 32.2. The van der Waals surface area contributed by atoms with Gasteiger partial charge in [-0.1, -0.05) is 37.3 Å². The van der Waals surface area contributed by atoms with Gasteiger partial charge in [-0.2, -0.15) is 5.26 Å². The third kappa shape index (κ3) is 4.88. The molecule has 0 aliphatic carbocycles. The Morgan fingerprint density at radius 2 is 1.91 bits per heavy atom. The van der Waals surface area contributed by atoms with Gasteiger partial charge in [0, 0.05) is 12.1 Å². The van der Waals surface area contributed by atoms with Crippen LogP contribution in [0.2, 0.25) is 0 Å². The maximum absolute atomic E-state index is 13.7. The first-order valence-corrected chi connectivity index (χ1v) is 8.77. The Hall–Kier alpha value is -2.23. The van der Waals surface area contributed by atoms with Gasteiger partial charge < -0.3 is 0 Å². The standard InChI is InChI=1S/C17H17FN2O2S/c1-13(15-5-3-2-4-6-15)12-23(21,22)20-11-16-9-14(10-19)7-8-17(16)18/h2-9,13,20H,11-12H2,1H3. The number of benzene rings is 2. The highest BCUT2D eigenvalue weighted by Crippen LogP contribution is 2.17. The van der Waals surface area contributed by atoms with Crippen molar-refractivity contribution in [3.8, 4) is 6.07 Å². The second kappa shape index (κ2) is 7.36. The zero-order valence-electron chi connectivity index (χ0n) is 12.7. The van der Waals surface area contributed by atoms with Crippen LogP contribution in [0.5, 0.6) is 0 Å². The second-order valence-corrected chi connectivity index (χ2v) is 7.18. The van der Waals surface area contributed by atoms with Crippen LogP contribution in [0.15, 0.2) is 48.5 Å². The van der Waals surface area contributed by atoms with Crippen molar-refractivity contribution >= 4 is 10.0 Å². The highest BCUT2D eigenvalue weighted by Gasteiger charge is 2.17. The van der Waals surface area contributed by atoms with Crippen LogP contribution in [0.25, 0.3) is 0 Å². The molecule has 1 unspecified atom stereocenters. The molecule has 0 heterocycles. The van der Waals surface area contributed by atoms with Gasteiger partial charge in [0.1, 0.15) is 5.82 Å². The van der Waals surface area contributed by atoms with Crippen LogP contribution in [0.1, 0.15) is 29.5 Å². The Morgan fingerprint density at radius 3 is 2.57 bits per heavy atom. The van der Waals surface area contributed by atoms with Crippen LogP contribution in [-0.2, 0) is 16.6 Å². The second-order valence-electron chi connectivity index (χ2n) is 5.33. The van der Waals surface area contributed by atoms with Gasteiger partial charge in [-0.25, -0.2) is 17.5 Å². The van der Waals surface area contributed by atoms with Gasteiger partial charge in [0.05, 0.1) is 17.4 Å². The largest absolute Gasteiger partial charge is 0.212 e. The summed E-state index contributed by atoms with van der Waals surface area (Å²) in [6.07, 6.45) is 0. The number of nitrogens with one attached hydrogen (secondary N) is 1. The first-order chi connectivity index (χ1) is 10.9. The van der Waals surface area contributed by atoms with Crippen LogP contribution >= 0.6 is 0 Å². The number of hydrogen-bond donors (Lipinski definition) is 1. The molecular formula is C17H17FN2O2S. The Bertz CT molecular complexity index is 814. The molecule has 0 bridgehead atoms. The zero-order chi connectivity index (χ0) is 16.9. The Balaban J connectivity index is 2.03. The molecule has 0 fully saturated rings. The van der Waals surface area contributed by atoms with Crippen molar-refractivity contribution in [2.24, 2.45) is 0 Å². The van der Waals surface area contributed by atoms with E-state index in [-0.39, 0.29) is 23.8 Å². The van der Waals surface area contributed by atoms with Crippen LogP contribution in [0.3, 0.4) is 0 Å². The van der Waals surface area contributed by atoms with Gasteiger partial charge >= 0.3 is 0 Å². The summed E-state index contributed by atoms with van der Waals surface area (Å²) in [7, 11) is -3.56. The maximum Gasteiger partial charge on any atom is 0.212 e. The minimum absolute atomic E-state index is 0.0867. The van der Waals surface area contributed by atoms with E-state index in [9.17, 15) is 12.8 Å². The van der Waals surface area contributed by atoms with Crippen LogP contribution in [0, 0.1) is 17.1 Å². The van der Waals surface area contributed by atoms with Crippen molar-refractivity contribution in [2.45, 2.75) is 19.4 Å². The summed E-state index contributed by atoms with van der Waals surface area (Å²) in [5, 5.41) is 8.81. The predicted octanol–water partition coefficient (Wildman–Crippen LogP) is 2.92. The van der Waals surface area contributed by atoms with Crippen molar-refractivity contribution in [2.75, 3.05) is 5.75 Å². The molecule has 0 amide bonds. The molecule has 0 aliphatic heterocycles. The fraction of sp³-hybridized carbons (Fsp3) is 0.235. The first-order valence-electron chi connectivity index (χ1n) is 7.12. The van der Waals surface area contributed by atoms with E-state index in [1.807, 2.05) is 43.3 Å². The number of nitrogens with zero attached hydrogens (tertiary/aromatic N) is 1. The summed E-state index contributed by atoms with van der Waals surface area (Å²) in [6, 6.07) is 15.1. The summed E-state index contributed by atoms with van der Waals surface area (Å²) in [6.45, 7) is 1.65. The van der Waals surface area contributed by atoms with E-state index < -0.39 is 15.8 Å². The summed E-state index contributed by atoms with van der Waals surface area (Å²) in [5.41, 5.74) is 1.37. The molecule has 23 heavy (non-hydrogen) atoms. The average Bonchev–Trinajstić information content (AvgIpc) is 2.54. The number of halogens is 1. The molecule has 1 N–H and O–H groups in total. The van der Waals surface area contributed by atoms with Crippen LogP contribution in [-0.4, -0.2) is 14.2 Å². The summed E-state index contributed by atoms with van der Waals surface area (Å²) < 4.78 is 40.4. The van der Waals surface area contributed by atoms with Gasteiger partial charge in [0.2, 0.25) is 10.0 Å². The van der Waals surface area contributed by atoms with Gasteiger partial charge in [-0.3, -0.25) is 0 Å². The summed E-state index contributed by atoms with van der Waals surface area (Å²) in [4.78, 5) is 0. The predicted molar refractivity (Wildman–Crippen MR) is 86.6 cm³/mol. The van der Waals surface area contributed by atoms with E-state index in [2.05, 4.69) is 4.72 Å². The zero-order valence-corrected chi connectivity index (χ0v) is 13.5. The Labute approximate surface area is 135 Å². The third-order valence-electron chi connectivity index (χ3n) is 3.50. The van der Waals surface area contributed by atoms with E-state index in [4.69, 9.17) is 5.26 Å². The van der Waals surface area contributed by atoms with Crippen molar-refractivity contribution in [3.05, 3.63) is 71.0 Å². The third-order valence-corrected chi connectivity index (χ3v) is 5.02. The number of hydrogen-bond acceptors (Lipinski definition) is 3.